The van der Waals surface area contributed by atoms with E-state index in [4.69, 9.17) is 11.6 Å². The maximum atomic E-state index is 11.6. The largest absolute Gasteiger partial charge is 0.506 e. The van der Waals surface area contributed by atoms with Gasteiger partial charge in [-0.2, -0.15) is 11.8 Å². The number of benzene rings is 1. The van der Waals surface area contributed by atoms with Crippen LogP contribution < -0.4 is 5.32 Å². The van der Waals surface area contributed by atoms with Crippen molar-refractivity contribution in [3.63, 3.8) is 0 Å². The molecule has 1 aromatic rings. The van der Waals surface area contributed by atoms with E-state index >= 15 is 0 Å². The maximum Gasteiger partial charge on any atom is 0.234 e. The Morgan fingerprint density at radius 3 is 2.89 bits per heavy atom. The predicted octanol–water partition coefficient (Wildman–Crippen LogP) is 3.76. The normalized spacial score (nSPS) is 10.7. The Labute approximate surface area is 117 Å². The highest BCUT2D eigenvalue weighted by Gasteiger charge is 2.07. The zero-order chi connectivity index (χ0) is 13.5. The number of nitrogens with one attached hydrogen (secondary N) is 1. The van der Waals surface area contributed by atoms with Crippen molar-refractivity contribution in [2.75, 3.05) is 16.8 Å². The molecule has 0 fully saturated rings. The Bertz CT molecular complexity index is 410. The van der Waals surface area contributed by atoms with Gasteiger partial charge in [0.1, 0.15) is 5.75 Å². The predicted molar refractivity (Wildman–Crippen MR) is 78.5 cm³/mol. The molecular formula is C13H18ClNO2S. The number of carbonyl (C=O) groups is 1. The number of amides is 1. The second-order valence-corrected chi connectivity index (χ2v) is 5.99. The van der Waals surface area contributed by atoms with Crippen LogP contribution in [-0.4, -0.2) is 22.5 Å². The van der Waals surface area contributed by atoms with Crippen LogP contribution in [0.4, 0.5) is 5.69 Å². The Hall–Kier alpha value is -0.870. The molecular weight excluding hydrogens is 270 g/mol. The van der Waals surface area contributed by atoms with Crippen molar-refractivity contribution in [1.82, 2.24) is 0 Å². The van der Waals surface area contributed by atoms with Crippen molar-refractivity contribution in [3.05, 3.63) is 23.2 Å². The van der Waals surface area contributed by atoms with Crippen LogP contribution in [-0.2, 0) is 4.79 Å². The molecule has 0 spiro atoms. The first-order valence-corrected chi connectivity index (χ1v) is 7.38. The summed E-state index contributed by atoms with van der Waals surface area (Å²) in [6.07, 6.45) is 1.10. The van der Waals surface area contributed by atoms with E-state index in [0.717, 1.165) is 12.2 Å². The Kier molecular flexibility index (Phi) is 6.36. The molecule has 1 aromatic carbocycles. The SMILES string of the molecule is CC(C)CCSCC(=O)Nc1cc(Cl)ccc1O. The van der Waals surface area contributed by atoms with Crippen LogP contribution >= 0.6 is 23.4 Å². The Morgan fingerprint density at radius 2 is 2.22 bits per heavy atom. The lowest BCUT2D eigenvalue weighted by molar-refractivity contribution is -0.113. The highest BCUT2D eigenvalue weighted by atomic mass is 35.5. The van der Waals surface area contributed by atoms with E-state index in [0.29, 0.717) is 22.4 Å². The van der Waals surface area contributed by atoms with Crippen LogP contribution in [0.3, 0.4) is 0 Å². The number of rotatable bonds is 6. The second kappa shape index (κ2) is 7.54. The molecule has 3 nitrogen and oxygen atoms in total. The topological polar surface area (TPSA) is 49.3 Å². The van der Waals surface area contributed by atoms with Gasteiger partial charge in [-0.05, 0) is 36.3 Å². The van der Waals surface area contributed by atoms with E-state index < -0.39 is 0 Å². The molecule has 0 aromatic heterocycles. The first kappa shape index (κ1) is 15.2. The van der Waals surface area contributed by atoms with Crippen molar-refractivity contribution in [2.24, 2.45) is 5.92 Å². The number of halogens is 1. The van der Waals surface area contributed by atoms with E-state index in [1.54, 1.807) is 17.8 Å². The molecule has 0 bridgehead atoms. The fourth-order valence-corrected chi connectivity index (χ4v) is 2.49. The summed E-state index contributed by atoms with van der Waals surface area (Å²) in [6, 6.07) is 4.57. The van der Waals surface area contributed by atoms with Crippen LogP contribution in [0.15, 0.2) is 18.2 Å². The van der Waals surface area contributed by atoms with Gasteiger partial charge in [0.05, 0.1) is 11.4 Å². The third kappa shape index (κ3) is 5.65. The van der Waals surface area contributed by atoms with Crippen LogP contribution in [0, 0.1) is 5.92 Å². The van der Waals surface area contributed by atoms with Crippen LogP contribution in [0.5, 0.6) is 5.75 Å². The third-order valence-electron chi connectivity index (χ3n) is 2.31. The van der Waals surface area contributed by atoms with E-state index in [-0.39, 0.29) is 11.7 Å². The zero-order valence-corrected chi connectivity index (χ0v) is 12.1. The van der Waals surface area contributed by atoms with Gasteiger partial charge in [0.15, 0.2) is 0 Å². The summed E-state index contributed by atoms with van der Waals surface area (Å²) in [5.74, 6) is 1.91. The van der Waals surface area contributed by atoms with Crippen molar-refractivity contribution in [3.8, 4) is 5.75 Å². The van der Waals surface area contributed by atoms with Gasteiger partial charge in [0.2, 0.25) is 5.91 Å². The monoisotopic (exact) mass is 287 g/mol. The van der Waals surface area contributed by atoms with Crippen LogP contribution in [0.1, 0.15) is 20.3 Å². The first-order valence-electron chi connectivity index (χ1n) is 5.85. The lowest BCUT2D eigenvalue weighted by Gasteiger charge is -2.08. The van der Waals surface area contributed by atoms with Gasteiger partial charge >= 0.3 is 0 Å². The van der Waals surface area contributed by atoms with Crippen molar-refractivity contribution >= 4 is 35.0 Å². The average molecular weight is 288 g/mol. The van der Waals surface area contributed by atoms with Crippen LogP contribution in [0.25, 0.3) is 0 Å². The third-order valence-corrected chi connectivity index (χ3v) is 3.53. The molecule has 0 heterocycles. The van der Waals surface area contributed by atoms with Gasteiger partial charge < -0.3 is 10.4 Å². The van der Waals surface area contributed by atoms with E-state index in [2.05, 4.69) is 19.2 Å². The highest BCUT2D eigenvalue weighted by Crippen LogP contribution is 2.26. The average Bonchev–Trinajstić information content (AvgIpc) is 2.29. The maximum absolute atomic E-state index is 11.6. The molecule has 0 saturated heterocycles. The number of hydrogen-bond acceptors (Lipinski definition) is 3. The number of thioether (sulfide) groups is 1. The molecule has 0 saturated carbocycles. The number of aromatic hydroxyl groups is 1. The summed E-state index contributed by atoms with van der Waals surface area (Å²) in [5, 5.41) is 12.7. The molecule has 0 aliphatic heterocycles. The molecule has 18 heavy (non-hydrogen) atoms. The Balaban J connectivity index is 2.38. The quantitative estimate of drug-likeness (QED) is 0.619. The zero-order valence-electron chi connectivity index (χ0n) is 10.6. The number of anilines is 1. The minimum atomic E-state index is -0.124. The van der Waals surface area contributed by atoms with E-state index in [1.807, 2.05) is 0 Å². The minimum Gasteiger partial charge on any atom is -0.506 e. The smallest absolute Gasteiger partial charge is 0.234 e. The fourth-order valence-electron chi connectivity index (χ4n) is 1.28. The van der Waals surface area contributed by atoms with Gasteiger partial charge in [0, 0.05) is 5.02 Å². The van der Waals surface area contributed by atoms with Gasteiger partial charge in [0.25, 0.3) is 0 Å². The van der Waals surface area contributed by atoms with Crippen molar-refractivity contribution in [1.29, 1.82) is 0 Å². The molecule has 1 amide bonds. The summed E-state index contributed by atoms with van der Waals surface area (Å²) in [5.41, 5.74) is 0.358. The molecule has 0 atom stereocenters. The molecule has 0 radical (unpaired) electrons. The number of phenols is 1. The number of phenolic OH excluding ortho intramolecular Hbond substituents is 1. The summed E-state index contributed by atoms with van der Waals surface area (Å²) >= 11 is 7.39. The number of carbonyl (C=O) groups excluding carboxylic acids is 1. The lowest BCUT2D eigenvalue weighted by atomic mass is 10.2. The molecule has 0 aliphatic rings. The molecule has 0 aliphatic carbocycles. The van der Waals surface area contributed by atoms with E-state index in [9.17, 15) is 9.90 Å². The standard InChI is InChI=1S/C13H18ClNO2S/c1-9(2)5-6-18-8-13(17)15-11-7-10(14)3-4-12(11)16/h3-4,7,9,16H,5-6,8H2,1-2H3,(H,15,17). The summed E-state index contributed by atoms with van der Waals surface area (Å²) in [4.78, 5) is 11.6. The molecule has 1 rings (SSSR count). The van der Waals surface area contributed by atoms with Crippen molar-refractivity contribution < 1.29 is 9.90 Å². The Morgan fingerprint density at radius 1 is 1.50 bits per heavy atom. The van der Waals surface area contributed by atoms with Gasteiger partial charge in [-0.15, -0.1) is 0 Å². The second-order valence-electron chi connectivity index (χ2n) is 4.44. The molecule has 5 heteroatoms. The first-order chi connectivity index (χ1) is 8.49. The summed E-state index contributed by atoms with van der Waals surface area (Å²) in [7, 11) is 0. The van der Waals surface area contributed by atoms with Crippen molar-refractivity contribution in [2.45, 2.75) is 20.3 Å². The minimum absolute atomic E-state index is 0.0277. The van der Waals surface area contributed by atoms with Crippen LogP contribution in [0.2, 0.25) is 5.02 Å². The summed E-state index contributed by atoms with van der Waals surface area (Å²) in [6.45, 7) is 4.31. The lowest BCUT2D eigenvalue weighted by Crippen LogP contribution is -2.14. The molecule has 100 valence electrons. The van der Waals surface area contributed by atoms with Gasteiger partial charge in [-0.3, -0.25) is 4.79 Å². The highest BCUT2D eigenvalue weighted by molar-refractivity contribution is 7.99. The summed E-state index contributed by atoms with van der Waals surface area (Å²) < 4.78 is 0. The fraction of sp³-hybridized carbons (Fsp3) is 0.462. The number of hydrogen-bond donors (Lipinski definition) is 2. The molecule has 0 unspecified atom stereocenters. The van der Waals surface area contributed by atoms with E-state index in [1.165, 1.54) is 12.1 Å². The van der Waals surface area contributed by atoms with Gasteiger partial charge in [-0.25, -0.2) is 0 Å². The van der Waals surface area contributed by atoms with Gasteiger partial charge in [-0.1, -0.05) is 25.4 Å². The molecule has 2 N–H and O–H groups in total.